The molecule has 0 atom stereocenters. The molecule has 0 heterocycles. The van der Waals surface area contributed by atoms with Crippen molar-refractivity contribution in [3.8, 4) is 0 Å². The number of benzene rings is 2. The van der Waals surface area contributed by atoms with Crippen LogP contribution >= 0.6 is 23.5 Å². The molecule has 24 heavy (non-hydrogen) atoms. The van der Waals surface area contributed by atoms with E-state index in [0.29, 0.717) is 12.1 Å². The molecule has 2 aromatic rings. The van der Waals surface area contributed by atoms with Gasteiger partial charge in [0.05, 0.1) is 5.56 Å². The standard InChI is InChI=1S/C18H19NO3S2/c1-23-16-10-6-5-9-15(16)18(21)22-13-17(20)19-11-12-24-14-7-3-2-4-8-14/h2-10H,11-13H2,1H3,(H,19,20). The van der Waals surface area contributed by atoms with Crippen LogP contribution in [0.3, 0.4) is 0 Å². The van der Waals surface area contributed by atoms with Gasteiger partial charge in [-0.1, -0.05) is 30.3 Å². The van der Waals surface area contributed by atoms with Crippen molar-refractivity contribution in [1.29, 1.82) is 0 Å². The normalized spacial score (nSPS) is 10.2. The number of ether oxygens (including phenoxy) is 1. The van der Waals surface area contributed by atoms with Crippen molar-refractivity contribution in [1.82, 2.24) is 5.32 Å². The van der Waals surface area contributed by atoms with E-state index in [1.807, 2.05) is 48.7 Å². The van der Waals surface area contributed by atoms with Gasteiger partial charge in [0.2, 0.25) is 0 Å². The average molecular weight is 361 g/mol. The second-order valence-electron chi connectivity index (χ2n) is 4.79. The molecule has 0 aliphatic rings. The molecule has 6 heteroatoms. The largest absolute Gasteiger partial charge is 0.452 e. The van der Waals surface area contributed by atoms with Crippen LogP contribution in [0.5, 0.6) is 0 Å². The Kier molecular flexibility index (Phi) is 7.71. The van der Waals surface area contributed by atoms with Crippen LogP contribution in [-0.4, -0.2) is 37.0 Å². The van der Waals surface area contributed by atoms with Gasteiger partial charge in [-0.2, -0.15) is 0 Å². The van der Waals surface area contributed by atoms with Crippen molar-refractivity contribution >= 4 is 35.4 Å². The summed E-state index contributed by atoms with van der Waals surface area (Å²) in [4.78, 5) is 25.8. The third kappa shape index (κ3) is 5.94. The molecule has 4 nitrogen and oxygen atoms in total. The number of nitrogens with one attached hydrogen (secondary N) is 1. The summed E-state index contributed by atoms with van der Waals surface area (Å²) in [5.41, 5.74) is 0.484. The second kappa shape index (κ2) is 10.1. The third-order valence-corrected chi connectivity index (χ3v) is 4.91. The Hall–Kier alpha value is -1.92. The smallest absolute Gasteiger partial charge is 0.339 e. The Morgan fingerprint density at radius 1 is 1.04 bits per heavy atom. The highest BCUT2D eigenvalue weighted by atomic mass is 32.2. The fourth-order valence-electron chi connectivity index (χ4n) is 1.95. The Labute approximate surface area is 150 Å². The topological polar surface area (TPSA) is 55.4 Å². The summed E-state index contributed by atoms with van der Waals surface area (Å²) in [6.07, 6.45) is 1.89. The van der Waals surface area contributed by atoms with E-state index in [-0.39, 0.29) is 12.5 Å². The van der Waals surface area contributed by atoms with Gasteiger partial charge in [0.15, 0.2) is 6.61 Å². The molecule has 0 bridgehead atoms. The highest BCUT2D eigenvalue weighted by Crippen LogP contribution is 2.20. The lowest BCUT2D eigenvalue weighted by atomic mass is 10.2. The van der Waals surface area contributed by atoms with Crippen LogP contribution in [0, 0.1) is 0 Å². The summed E-state index contributed by atoms with van der Waals surface area (Å²) in [5, 5.41) is 2.75. The molecule has 2 rings (SSSR count). The van der Waals surface area contributed by atoms with Crippen LogP contribution in [0.4, 0.5) is 0 Å². The maximum Gasteiger partial charge on any atom is 0.339 e. The summed E-state index contributed by atoms with van der Waals surface area (Å²) in [7, 11) is 0. The first-order valence-corrected chi connectivity index (χ1v) is 9.66. The van der Waals surface area contributed by atoms with Gasteiger partial charge >= 0.3 is 5.97 Å². The second-order valence-corrected chi connectivity index (χ2v) is 6.80. The molecular formula is C18H19NO3S2. The number of hydrogen-bond acceptors (Lipinski definition) is 5. The van der Waals surface area contributed by atoms with Crippen molar-refractivity contribution in [3.63, 3.8) is 0 Å². The minimum Gasteiger partial charge on any atom is -0.452 e. The van der Waals surface area contributed by atoms with Crippen LogP contribution in [0.15, 0.2) is 64.4 Å². The maximum atomic E-state index is 12.0. The number of carbonyl (C=O) groups is 2. The van der Waals surface area contributed by atoms with E-state index in [1.165, 1.54) is 11.8 Å². The van der Waals surface area contributed by atoms with Gasteiger partial charge in [0, 0.05) is 22.1 Å². The van der Waals surface area contributed by atoms with Gasteiger partial charge in [0.1, 0.15) is 0 Å². The number of carbonyl (C=O) groups excluding carboxylic acids is 2. The number of rotatable bonds is 8. The van der Waals surface area contributed by atoms with E-state index < -0.39 is 5.97 Å². The monoisotopic (exact) mass is 361 g/mol. The van der Waals surface area contributed by atoms with Crippen molar-refractivity contribution in [2.45, 2.75) is 9.79 Å². The highest BCUT2D eigenvalue weighted by Gasteiger charge is 2.13. The minimum absolute atomic E-state index is 0.266. The number of esters is 1. The van der Waals surface area contributed by atoms with Crippen molar-refractivity contribution in [2.75, 3.05) is 25.2 Å². The van der Waals surface area contributed by atoms with Gasteiger partial charge < -0.3 is 10.1 Å². The van der Waals surface area contributed by atoms with E-state index in [0.717, 1.165) is 15.5 Å². The molecule has 0 unspecified atom stereocenters. The fourth-order valence-corrected chi connectivity index (χ4v) is 3.32. The highest BCUT2D eigenvalue weighted by molar-refractivity contribution is 7.99. The molecule has 1 N–H and O–H groups in total. The first-order chi connectivity index (χ1) is 11.7. The lowest BCUT2D eigenvalue weighted by Gasteiger charge is -2.08. The van der Waals surface area contributed by atoms with Crippen molar-refractivity contribution in [3.05, 3.63) is 60.2 Å². The first-order valence-electron chi connectivity index (χ1n) is 7.45. The summed E-state index contributed by atoms with van der Waals surface area (Å²) in [6, 6.07) is 17.2. The average Bonchev–Trinajstić information content (AvgIpc) is 2.64. The van der Waals surface area contributed by atoms with Crippen LogP contribution in [0.1, 0.15) is 10.4 Å². The molecule has 0 fully saturated rings. The molecule has 0 radical (unpaired) electrons. The fraction of sp³-hybridized carbons (Fsp3) is 0.222. The molecule has 0 aliphatic carbocycles. The molecule has 2 aromatic carbocycles. The van der Waals surface area contributed by atoms with E-state index >= 15 is 0 Å². The minimum atomic E-state index is -0.478. The Balaban J connectivity index is 1.68. The summed E-state index contributed by atoms with van der Waals surface area (Å²) in [6.45, 7) is 0.259. The molecular weight excluding hydrogens is 342 g/mol. The van der Waals surface area contributed by atoms with Crippen molar-refractivity contribution < 1.29 is 14.3 Å². The van der Waals surface area contributed by atoms with Crippen LogP contribution < -0.4 is 5.32 Å². The van der Waals surface area contributed by atoms with Gasteiger partial charge in [-0.15, -0.1) is 23.5 Å². The van der Waals surface area contributed by atoms with Gasteiger partial charge in [0.25, 0.3) is 5.91 Å². The molecule has 0 spiro atoms. The summed E-state index contributed by atoms with van der Waals surface area (Å²) < 4.78 is 5.08. The molecule has 0 aromatic heterocycles. The van der Waals surface area contributed by atoms with Gasteiger partial charge in [-0.3, -0.25) is 4.79 Å². The third-order valence-electron chi connectivity index (χ3n) is 3.10. The predicted molar refractivity (Wildman–Crippen MR) is 98.7 cm³/mol. The lowest BCUT2D eigenvalue weighted by molar-refractivity contribution is -0.124. The quantitative estimate of drug-likeness (QED) is 0.443. The van der Waals surface area contributed by atoms with E-state index in [2.05, 4.69) is 5.32 Å². The predicted octanol–water partition coefficient (Wildman–Crippen LogP) is 3.47. The number of thioether (sulfide) groups is 2. The van der Waals surface area contributed by atoms with E-state index in [9.17, 15) is 9.59 Å². The Morgan fingerprint density at radius 3 is 2.50 bits per heavy atom. The van der Waals surface area contributed by atoms with Gasteiger partial charge in [-0.25, -0.2) is 4.79 Å². The molecule has 0 aliphatic heterocycles. The zero-order chi connectivity index (χ0) is 17.2. The SMILES string of the molecule is CSc1ccccc1C(=O)OCC(=O)NCCSc1ccccc1. The Morgan fingerprint density at radius 2 is 1.75 bits per heavy atom. The summed E-state index contributed by atoms with van der Waals surface area (Å²) >= 11 is 3.13. The van der Waals surface area contributed by atoms with E-state index in [4.69, 9.17) is 4.74 Å². The molecule has 1 amide bonds. The Bertz CT molecular complexity index is 677. The number of hydrogen-bond donors (Lipinski definition) is 1. The van der Waals surface area contributed by atoms with Crippen LogP contribution in [0.25, 0.3) is 0 Å². The molecule has 126 valence electrons. The van der Waals surface area contributed by atoms with Crippen LogP contribution in [-0.2, 0) is 9.53 Å². The molecule has 0 saturated heterocycles. The maximum absolute atomic E-state index is 12.0. The van der Waals surface area contributed by atoms with Gasteiger partial charge in [-0.05, 0) is 30.5 Å². The lowest BCUT2D eigenvalue weighted by Crippen LogP contribution is -2.30. The zero-order valence-electron chi connectivity index (χ0n) is 13.4. The molecule has 0 saturated carbocycles. The van der Waals surface area contributed by atoms with E-state index in [1.54, 1.807) is 23.9 Å². The van der Waals surface area contributed by atoms with Crippen molar-refractivity contribution in [2.24, 2.45) is 0 Å². The zero-order valence-corrected chi connectivity index (χ0v) is 15.0. The van der Waals surface area contributed by atoms with Crippen LogP contribution in [0.2, 0.25) is 0 Å². The number of amides is 1. The first kappa shape index (κ1) is 18.4. The summed E-state index contributed by atoms with van der Waals surface area (Å²) in [5.74, 6) is -0.00802.